The maximum Gasteiger partial charge on any atom is 0.113 e. The number of benzene rings is 1. The fraction of sp³-hybridized carbons (Fsp3) is 0.571. The van der Waals surface area contributed by atoms with Crippen LogP contribution in [-0.2, 0) is 16.1 Å². The number of ether oxygens (including phenoxy) is 2. The fourth-order valence-electron chi connectivity index (χ4n) is 2.80. The molecule has 0 radical (unpaired) electrons. The Bertz CT molecular complexity index is 378. The lowest BCUT2D eigenvalue weighted by Crippen LogP contribution is -2.51. The number of rotatable bonds is 3. The van der Waals surface area contributed by atoms with E-state index >= 15 is 0 Å². The lowest BCUT2D eigenvalue weighted by Gasteiger charge is -2.35. The third-order valence-corrected chi connectivity index (χ3v) is 3.88. The van der Waals surface area contributed by atoms with Gasteiger partial charge in [0.25, 0.3) is 0 Å². The molecule has 0 spiro atoms. The van der Waals surface area contributed by atoms with Crippen molar-refractivity contribution in [1.82, 2.24) is 0 Å². The summed E-state index contributed by atoms with van der Waals surface area (Å²) in [4.78, 5) is 0. The molecule has 98 valence electrons. The fourth-order valence-corrected chi connectivity index (χ4v) is 2.80. The average Bonchev–Trinajstić information content (AvgIpc) is 2.85. The molecule has 0 amide bonds. The predicted octanol–water partition coefficient (Wildman–Crippen LogP) is 0.712. The van der Waals surface area contributed by atoms with E-state index in [0.29, 0.717) is 13.2 Å². The Hall–Kier alpha value is -0.940. The number of fused-ring (bicyclic) bond motifs is 2. The summed E-state index contributed by atoms with van der Waals surface area (Å²) in [7, 11) is 0. The van der Waals surface area contributed by atoms with Crippen LogP contribution in [0.5, 0.6) is 0 Å². The maximum atomic E-state index is 10.1. The van der Waals surface area contributed by atoms with Gasteiger partial charge in [0.05, 0.1) is 25.4 Å². The van der Waals surface area contributed by atoms with Crippen molar-refractivity contribution in [2.45, 2.75) is 37.4 Å². The Balaban J connectivity index is 1.65. The molecule has 4 nitrogen and oxygen atoms in total. The number of aliphatic hydroxyl groups is 2. The van der Waals surface area contributed by atoms with Crippen molar-refractivity contribution in [2.24, 2.45) is 5.92 Å². The molecule has 1 saturated heterocycles. The van der Waals surface area contributed by atoms with Crippen molar-refractivity contribution >= 4 is 0 Å². The molecule has 4 heteroatoms. The molecule has 1 heterocycles. The molecule has 2 fully saturated rings. The van der Waals surface area contributed by atoms with E-state index in [-0.39, 0.29) is 12.0 Å². The first-order chi connectivity index (χ1) is 8.75. The van der Waals surface area contributed by atoms with Crippen LogP contribution < -0.4 is 0 Å². The second-order valence-electron chi connectivity index (χ2n) is 5.11. The largest absolute Gasteiger partial charge is 0.390 e. The zero-order chi connectivity index (χ0) is 12.5. The van der Waals surface area contributed by atoms with E-state index in [9.17, 15) is 10.2 Å². The highest BCUT2D eigenvalue weighted by Gasteiger charge is 2.48. The molecular weight excluding hydrogens is 232 g/mol. The minimum absolute atomic E-state index is 0.0965. The van der Waals surface area contributed by atoms with Gasteiger partial charge in [-0.3, -0.25) is 0 Å². The molecule has 5 atom stereocenters. The van der Waals surface area contributed by atoms with Crippen LogP contribution >= 0.6 is 0 Å². The zero-order valence-electron chi connectivity index (χ0n) is 10.1. The van der Waals surface area contributed by atoms with Gasteiger partial charge >= 0.3 is 0 Å². The molecule has 1 aromatic carbocycles. The summed E-state index contributed by atoms with van der Waals surface area (Å²) in [6, 6.07) is 9.76. The van der Waals surface area contributed by atoms with E-state index in [4.69, 9.17) is 9.47 Å². The van der Waals surface area contributed by atoms with Gasteiger partial charge in [0, 0.05) is 5.92 Å². The normalized spacial score (nSPS) is 38.9. The van der Waals surface area contributed by atoms with Crippen molar-refractivity contribution in [3.8, 4) is 0 Å². The summed E-state index contributed by atoms with van der Waals surface area (Å²) in [5.41, 5.74) is 1.04. The standard InChI is InChI=1S/C14H18O4/c15-12-10-6-11(17-8-10)13(16)14(12)18-7-9-4-2-1-3-5-9/h1-5,10-16H,6-8H2/t10?,11?,12?,13-,14-/m1/s1. The van der Waals surface area contributed by atoms with Gasteiger partial charge in [-0.15, -0.1) is 0 Å². The highest BCUT2D eigenvalue weighted by Crippen LogP contribution is 2.35. The summed E-state index contributed by atoms with van der Waals surface area (Å²) < 4.78 is 11.1. The molecule has 1 aliphatic carbocycles. The maximum absolute atomic E-state index is 10.1. The monoisotopic (exact) mass is 250 g/mol. The SMILES string of the molecule is OC1C2COC(C2)[C@@H](O)[C@@H]1OCc1ccccc1. The van der Waals surface area contributed by atoms with Gasteiger partial charge in [0.2, 0.25) is 0 Å². The molecule has 2 bridgehead atoms. The van der Waals surface area contributed by atoms with Crippen LogP contribution in [0.4, 0.5) is 0 Å². The van der Waals surface area contributed by atoms with Crippen LogP contribution in [0, 0.1) is 5.92 Å². The molecule has 1 aromatic rings. The molecule has 2 N–H and O–H groups in total. The summed E-state index contributed by atoms with van der Waals surface area (Å²) >= 11 is 0. The van der Waals surface area contributed by atoms with Crippen molar-refractivity contribution in [2.75, 3.05) is 6.61 Å². The van der Waals surface area contributed by atoms with Gasteiger partial charge in [0.15, 0.2) is 0 Å². The van der Waals surface area contributed by atoms with Crippen LogP contribution in [0.2, 0.25) is 0 Å². The first-order valence-corrected chi connectivity index (χ1v) is 6.39. The first kappa shape index (κ1) is 12.1. The highest BCUT2D eigenvalue weighted by atomic mass is 16.5. The molecule has 1 saturated carbocycles. The van der Waals surface area contributed by atoms with Crippen LogP contribution in [-0.4, -0.2) is 41.2 Å². The average molecular weight is 250 g/mol. The summed E-state index contributed by atoms with van der Waals surface area (Å²) in [5, 5.41) is 20.2. The Morgan fingerprint density at radius 2 is 1.94 bits per heavy atom. The van der Waals surface area contributed by atoms with Crippen molar-refractivity contribution in [1.29, 1.82) is 0 Å². The van der Waals surface area contributed by atoms with Gasteiger partial charge in [-0.25, -0.2) is 0 Å². The molecule has 3 unspecified atom stereocenters. The van der Waals surface area contributed by atoms with Gasteiger partial charge in [-0.2, -0.15) is 0 Å². The van der Waals surface area contributed by atoms with Crippen molar-refractivity contribution in [3.63, 3.8) is 0 Å². The number of hydrogen-bond acceptors (Lipinski definition) is 4. The van der Waals surface area contributed by atoms with E-state index in [0.717, 1.165) is 12.0 Å². The highest BCUT2D eigenvalue weighted by molar-refractivity contribution is 5.13. The molecule has 0 aromatic heterocycles. The van der Waals surface area contributed by atoms with Gasteiger partial charge in [-0.05, 0) is 12.0 Å². The number of hydrogen-bond donors (Lipinski definition) is 2. The van der Waals surface area contributed by atoms with Gasteiger partial charge in [0.1, 0.15) is 12.2 Å². The Morgan fingerprint density at radius 3 is 2.72 bits per heavy atom. The van der Waals surface area contributed by atoms with Crippen LogP contribution in [0.3, 0.4) is 0 Å². The second-order valence-corrected chi connectivity index (χ2v) is 5.11. The van der Waals surface area contributed by atoms with Gasteiger partial charge in [-0.1, -0.05) is 30.3 Å². The minimum Gasteiger partial charge on any atom is -0.390 e. The minimum atomic E-state index is -0.734. The molecule has 3 rings (SSSR count). The zero-order valence-corrected chi connectivity index (χ0v) is 10.1. The van der Waals surface area contributed by atoms with Crippen LogP contribution in [0.25, 0.3) is 0 Å². The summed E-state index contributed by atoms with van der Waals surface area (Å²) in [6.07, 6.45) is -1.37. The Labute approximate surface area is 106 Å². The molecular formula is C14H18O4. The van der Waals surface area contributed by atoms with E-state index in [2.05, 4.69) is 0 Å². The van der Waals surface area contributed by atoms with Gasteiger partial charge < -0.3 is 19.7 Å². The second kappa shape index (κ2) is 4.97. The Morgan fingerprint density at radius 1 is 1.17 bits per heavy atom. The van der Waals surface area contributed by atoms with E-state index < -0.39 is 18.3 Å². The topological polar surface area (TPSA) is 58.9 Å². The molecule has 1 aliphatic heterocycles. The lowest BCUT2D eigenvalue weighted by molar-refractivity contribution is -0.152. The van der Waals surface area contributed by atoms with E-state index in [1.807, 2.05) is 30.3 Å². The summed E-state index contributed by atoms with van der Waals surface area (Å²) in [5.74, 6) is 0.0965. The third kappa shape index (κ3) is 2.17. The van der Waals surface area contributed by atoms with Crippen LogP contribution in [0.1, 0.15) is 12.0 Å². The smallest absolute Gasteiger partial charge is 0.113 e. The van der Waals surface area contributed by atoms with Crippen molar-refractivity contribution in [3.05, 3.63) is 35.9 Å². The Kier molecular flexibility index (Phi) is 3.35. The molecule has 2 aliphatic rings. The van der Waals surface area contributed by atoms with E-state index in [1.165, 1.54) is 0 Å². The number of aliphatic hydroxyl groups excluding tert-OH is 2. The summed E-state index contributed by atoms with van der Waals surface area (Å²) in [6.45, 7) is 0.924. The lowest BCUT2D eigenvalue weighted by atomic mass is 9.83. The predicted molar refractivity (Wildman–Crippen MR) is 64.9 cm³/mol. The third-order valence-electron chi connectivity index (χ3n) is 3.88. The molecule has 18 heavy (non-hydrogen) atoms. The first-order valence-electron chi connectivity index (χ1n) is 6.39. The van der Waals surface area contributed by atoms with E-state index in [1.54, 1.807) is 0 Å². The van der Waals surface area contributed by atoms with Crippen LogP contribution in [0.15, 0.2) is 30.3 Å². The van der Waals surface area contributed by atoms with Crippen molar-refractivity contribution < 1.29 is 19.7 Å². The quantitative estimate of drug-likeness (QED) is 0.829.